The molecule has 4 nitrogen and oxygen atoms in total. The molecule has 0 aliphatic carbocycles. The van der Waals surface area contributed by atoms with Crippen molar-refractivity contribution in [1.29, 1.82) is 0 Å². The van der Waals surface area contributed by atoms with E-state index in [0.29, 0.717) is 6.54 Å². The van der Waals surface area contributed by atoms with Crippen LogP contribution in [0.3, 0.4) is 0 Å². The van der Waals surface area contributed by atoms with Crippen LogP contribution in [0.15, 0.2) is 28.7 Å². The molecule has 1 saturated heterocycles. The lowest BCUT2D eigenvalue weighted by atomic mass is 10.0. The van der Waals surface area contributed by atoms with Crippen LogP contribution in [0.25, 0.3) is 0 Å². The molecule has 1 amide bonds. The molecule has 1 heterocycles. The number of carbonyl (C=O) groups excluding carboxylic acids is 1. The molecule has 1 aromatic carbocycles. The fraction of sp³-hybridized carbons (Fsp3) is 0.562. The first-order chi connectivity index (χ1) is 9.87. The summed E-state index contributed by atoms with van der Waals surface area (Å²) in [6.45, 7) is 7.98. The molecule has 1 N–H and O–H groups in total. The van der Waals surface area contributed by atoms with Gasteiger partial charge in [0.25, 0.3) is 0 Å². The molecule has 1 atom stereocenters. The van der Waals surface area contributed by atoms with E-state index >= 15 is 0 Å². The second-order valence-corrected chi connectivity index (χ2v) is 7.18. The van der Waals surface area contributed by atoms with Gasteiger partial charge in [0, 0.05) is 24.1 Å². The van der Waals surface area contributed by atoms with Crippen molar-refractivity contribution >= 4 is 22.0 Å². The third kappa shape index (κ3) is 4.71. The fourth-order valence-corrected chi connectivity index (χ4v) is 2.87. The van der Waals surface area contributed by atoms with Crippen LogP contribution in [0, 0.1) is 0 Å². The number of benzene rings is 1. The molecule has 21 heavy (non-hydrogen) atoms. The average Bonchev–Trinajstić information content (AvgIpc) is 2.40. The Hall–Kier alpha value is -1.07. The lowest BCUT2D eigenvalue weighted by molar-refractivity contribution is 0.0121. The Balaban J connectivity index is 2.09. The standard InChI is InChI=1S/C16H23BrN2O2/c1-16(2,3)21-15(20)19-9-8-18-11-13(19)10-12-6-4-5-7-14(12)17/h4-7,13,18H,8-11H2,1-3H3/t13-/m1/s1. The van der Waals surface area contributed by atoms with Crippen molar-refractivity contribution in [2.45, 2.75) is 38.8 Å². The number of rotatable bonds is 2. The summed E-state index contributed by atoms with van der Waals surface area (Å²) in [6.07, 6.45) is 0.592. The highest BCUT2D eigenvalue weighted by Crippen LogP contribution is 2.21. The van der Waals surface area contributed by atoms with Crippen molar-refractivity contribution in [1.82, 2.24) is 10.2 Å². The van der Waals surface area contributed by atoms with Crippen molar-refractivity contribution in [3.63, 3.8) is 0 Å². The number of hydrogen-bond donors (Lipinski definition) is 1. The summed E-state index contributed by atoms with van der Waals surface area (Å²) in [4.78, 5) is 14.2. The lowest BCUT2D eigenvalue weighted by Crippen LogP contribution is -2.55. The number of amides is 1. The minimum Gasteiger partial charge on any atom is -0.444 e. The van der Waals surface area contributed by atoms with E-state index in [9.17, 15) is 4.79 Å². The maximum Gasteiger partial charge on any atom is 0.410 e. The normalized spacial score (nSPS) is 19.4. The van der Waals surface area contributed by atoms with E-state index in [1.54, 1.807) is 0 Å². The highest BCUT2D eigenvalue weighted by Gasteiger charge is 2.30. The Kier molecular flexibility index (Phi) is 5.27. The van der Waals surface area contributed by atoms with Crippen molar-refractivity contribution in [3.05, 3.63) is 34.3 Å². The molecule has 0 saturated carbocycles. The van der Waals surface area contributed by atoms with Crippen LogP contribution in [-0.4, -0.2) is 42.3 Å². The number of halogens is 1. The van der Waals surface area contributed by atoms with Crippen LogP contribution in [0.5, 0.6) is 0 Å². The summed E-state index contributed by atoms with van der Waals surface area (Å²) in [5.74, 6) is 0. The van der Waals surface area contributed by atoms with Gasteiger partial charge in [-0.05, 0) is 38.8 Å². The molecule has 0 spiro atoms. The van der Waals surface area contributed by atoms with E-state index < -0.39 is 5.60 Å². The van der Waals surface area contributed by atoms with Gasteiger partial charge in [0.05, 0.1) is 6.04 Å². The van der Waals surface area contributed by atoms with Crippen molar-refractivity contribution in [3.8, 4) is 0 Å². The predicted octanol–water partition coefficient (Wildman–Crippen LogP) is 3.20. The summed E-state index contributed by atoms with van der Waals surface area (Å²) in [7, 11) is 0. The summed E-state index contributed by atoms with van der Waals surface area (Å²) >= 11 is 3.57. The molecule has 0 bridgehead atoms. The number of hydrogen-bond acceptors (Lipinski definition) is 3. The Morgan fingerprint density at radius 2 is 2.14 bits per heavy atom. The Morgan fingerprint density at radius 1 is 1.43 bits per heavy atom. The smallest absolute Gasteiger partial charge is 0.410 e. The maximum atomic E-state index is 12.4. The highest BCUT2D eigenvalue weighted by molar-refractivity contribution is 9.10. The minimum atomic E-state index is -0.458. The summed E-state index contributed by atoms with van der Waals surface area (Å²) in [6, 6.07) is 8.26. The van der Waals surface area contributed by atoms with Crippen LogP contribution in [-0.2, 0) is 11.2 Å². The van der Waals surface area contributed by atoms with Crippen LogP contribution >= 0.6 is 15.9 Å². The van der Waals surface area contributed by atoms with Crippen LogP contribution in [0.2, 0.25) is 0 Å². The monoisotopic (exact) mass is 354 g/mol. The minimum absolute atomic E-state index is 0.118. The lowest BCUT2D eigenvalue weighted by Gasteiger charge is -2.37. The molecule has 1 aromatic rings. The van der Waals surface area contributed by atoms with Crippen molar-refractivity contribution < 1.29 is 9.53 Å². The molecule has 1 fully saturated rings. The van der Waals surface area contributed by atoms with E-state index in [0.717, 1.165) is 24.0 Å². The molecule has 1 aliphatic heterocycles. The van der Waals surface area contributed by atoms with E-state index in [-0.39, 0.29) is 12.1 Å². The number of nitrogens with one attached hydrogen (secondary N) is 1. The Bertz CT molecular complexity index is 499. The largest absolute Gasteiger partial charge is 0.444 e. The van der Waals surface area contributed by atoms with Crippen LogP contribution in [0.4, 0.5) is 4.79 Å². The number of ether oxygens (including phenoxy) is 1. The van der Waals surface area contributed by atoms with Gasteiger partial charge in [-0.1, -0.05) is 34.1 Å². The van der Waals surface area contributed by atoms with Gasteiger partial charge in [-0.3, -0.25) is 0 Å². The molecule has 5 heteroatoms. The van der Waals surface area contributed by atoms with Crippen LogP contribution < -0.4 is 5.32 Å². The average molecular weight is 355 g/mol. The van der Waals surface area contributed by atoms with Crippen molar-refractivity contribution in [2.75, 3.05) is 19.6 Å². The fourth-order valence-electron chi connectivity index (χ4n) is 2.42. The third-order valence-electron chi connectivity index (χ3n) is 3.39. The second-order valence-electron chi connectivity index (χ2n) is 6.33. The van der Waals surface area contributed by atoms with Gasteiger partial charge in [-0.2, -0.15) is 0 Å². The molecule has 0 radical (unpaired) electrons. The van der Waals surface area contributed by atoms with Gasteiger partial charge >= 0.3 is 6.09 Å². The quantitative estimate of drug-likeness (QED) is 0.886. The SMILES string of the molecule is CC(C)(C)OC(=O)N1CCNC[C@H]1Cc1ccccc1Br. The van der Waals surface area contributed by atoms with Gasteiger partial charge in [-0.25, -0.2) is 4.79 Å². The first-order valence-corrected chi connectivity index (χ1v) is 8.10. The molecule has 2 rings (SSSR count). The maximum absolute atomic E-state index is 12.4. The van der Waals surface area contributed by atoms with Crippen LogP contribution in [0.1, 0.15) is 26.3 Å². The molecule has 0 unspecified atom stereocenters. The summed E-state index contributed by atoms with van der Waals surface area (Å²) in [5, 5.41) is 3.36. The molecular formula is C16H23BrN2O2. The van der Waals surface area contributed by atoms with E-state index in [2.05, 4.69) is 27.3 Å². The van der Waals surface area contributed by atoms with Gasteiger partial charge < -0.3 is 15.0 Å². The predicted molar refractivity (Wildman–Crippen MR) is 87.4 cm³/mol. The zero-order valence-electron chi connectivity index (χ0n) is 12.9. The number of carbonyl (C=O) groups is 1. The van der Waals surface area contributed by atoms with E-state index in [1.165, 1.54) is 5.56 Å². The molecule has 1 aliphatic rings. The summed E-state index contributed by atoms with van der Waals surface area (Å²) < 4.78 is 6.61. The Morgan fingerprint density at radius 3 is 2.81 bits per heavy atom. The first kappa shape index (κ1) is 16.3. The first-order valence-electron chi connectivity index (χ1n) is 7.30. The topological polar surface area (TPSA) is 41.6 Å². The zero-order valence-corrected chi connectivity index (χ0v) is 14.4. The molecular weight excluding hydrogens is 332 g/mol. The summed E-state index contributed by atoms with van der Waals surface area (Å²) in [5.41, 5.74) is 0.750. The third-order valence-corrected chi connectivity index (χ3v) is 4.17. The van der Waals surface area contributed by atoms with Gasteiger partial charge in [0.1, 0.15) is 5.60 Å². The van der Waals surface area contributed by atoms with Crippen molar-refractivity contribution in [2.24, 2.45) is 0 Å². The second kappa shape index (κ2) is 6.79. The van der Waals surface area contributed by atoms with E-state index in [4.69, 9.17) is 4.74 Å². The van der Waals surface area contributed by atoms with E-state index in [1.807, 2.05) is 43.9 Å². The Labute approximate surface area is 135 Å². The van der Waals surface area contributed by atoms with Gasteiger partial charge in [0.15, 0.2) is 0 Å². The molecule has 116 valence electrons. The highest BCUT2D eigenvalue weighted by atomic mass is 79.9. The van der Waals surface area contributed by atoms with Gasteiger partial charge in [0.2, 0.25) is 0 Å². The van der Waals surface area contributed by atoms with Gasteiger partial charge in [-0.15, -0.1) is 0 Å². The number of piperazine rings is 1. The zero-order chi connectivity index (χ0) is 15.5. The number of nitrogens with zero attached hydrogens (tertiary/aromatic N) is 1. The molecule has 0 aromatic heterocycles.